The van der Waals surface area contributed by atoms with Gasteiger partial charge < -0.3 is 4.57 Å². The van der Waals surface area contributed by atoms with Crippen molar-refractivity contribution in [1.29, 1.82) is 5.26 Å². The van der Waals surface area contributed by atoms with E-state index in [2.05, 4.69) is 11.1 Å². The molecular weight excluding hydrogens is 126 g/mol. The van der Waals surface area contributed by atoms with Crippen LogP contribution in [0.5, 0.6) is 0 Å². The summed E-state index contributed by atoms with van der Waals surface area (Å²) in [7, 11) is 0. The molecule has 52 valence electrons. The smallest absolute Gasteiger partial charge is 0.111 e. The van der Waals surface area contributed by atoms with Gasteiger partial charge in [-0.15, -0.1) is 0 Å². The largest absolute Gasteiger partial charge is 0.321 e. The Morgan fingerprint density at radius 3 is 2.80 bits per heavy atom. The molecule has 0 fully saturated rings. The molecule has 10 heavy (non-hydrogen) atoms. The second-order valence-corrected chi connectivity index (χ2v) is 2.20. The summed E-state index contributed by atoms with van der Waals surface area (Å²) in [4.78, 5) is 4.05. The van der Waals surface area contributed by atoms with Gasteiger partial charge >= 0.3 is 0 Å². The number of imidazole rings is 1. The molecule has 1 rings (SSSR count). The topological polar surface area (TPSA) is 41.6 Å². The highest BCUT2D eigenvalue weighted by Crippen LogP contribution is 2.02. The summed E-state index contributed by atoms with van der Waals surface area (Å²) in [6.07, 6.45) is 1.69. The number of rotatable bonds is 1. The second kappa shape index (κ2) is 2.53. The minimum atomic E-state index is 0.396. The van der Waals surface area contributed by atoms with Gasteiger partial charge in [-0.1, -0.05) is 0 Å². The first kappa shape index (κ1) is 6.81. The van der Waals surface area contributed by atoms with Crippen LogP contribution in [0.25, 0.3) is 0 Å². The van der Waals surface area contributed by atoms with Gasteiger partial charge in [0.2, 0.25) is 0 Å². The van der Waals surface area contributed by atoms with E-state index in [9.17, 15) is 0 Å². The number of nitrogens with zero attached hydrogens (tertiary/aromatic N) is 3. The fraction of sp³-hybridized carbons (Fsp3) is 0.429. The van der Waals surface area contributed by atoms with Gasteiger partial charge in [0, 0.05) is 5.69 Å². The SMILES string of the molecule is Cc1ncn(CC#N)c1C. The van der Waals surface area contributed by atoms with E-state index < -0.39 is 0 Å². The Kier molecular flexibility index (Phi) is 1.72. The van der Waals surface area contributed by atoms with Crippen molar-refractivity contribution in [2.24, 2.45) is 0 Å². The molecule has 0 aliphatic rings. The average molecular weight is 135 g/mol. The number of hydrogen-bond donors (Lipinski definition) is 0. The maximum absolute atomic E-state index is 8.35. The molecule has 0 radical (unpaired) electrons. The standard InChI is InChI=1S/C7H9N3/c1-6-7(2)10(4-3-8)5-9-6/h5H,4H2,1-2H3. The maximum Gasteiger partial charge on any atom is 0.111 e. The molecule has 3 nitrogen and oxygen atoms in total. The summed E-state index contributed by atoms with van der Waals surface area (Å²) in [5, 5.41) is 8.35. The molecule has 0 aliphatic heterocycles. The molecule has 1 aromatic rings. The summed E-state index contributed by atoms with van der Waals surface area (Å²) in [6.45, 7) is 4.29. The molecule has 0 N–H and O–H groups in total. The van der Waals surface area contributed by atoms with Crippen molar-refractivity contribution in [3.63, 3.8) is 0 Å². The predicted octanol–water partition coefficient (Wildman–Crippen LogP) is 1.02. The summed E-state index contributed by atoms with van der Waals surface area (Å²) in [6, 6.07) is 2.06. The first-order chi connectivity index (χ1) is 4.75. The van der Waals surface area contributed by atoms with E-state index in [1.165, 1.54) is 0 Å². The molecule has 0 saturated heterocycles. The van der Waals surface area contributed by atoms with E-state index in [0.29, 0.717) is 6.54 Å². The normalized spacial score (nSPS) is 9.30. The molecule has 0 unspecified atom stereocenters. The summed E-state index contributed by atoms with van der Waals surface area (Å²) in [5.74, 6) is 0. The quantitative estimate of drug-likeness (QED) is 0.577. The lowest BCUT2D eigenvalue weighted by molar-refractivity contribution is 0.798. The molecule has 0 bridgehead atoms. The molecule has 0 atom stereocenters. The third kappa shape index (κ3) is 1.01. The van der Waals surface area contributed by atoms with E-state index in [1.54, 1.807) is 6.33 Å². The van der Waals surface area contributed by atoms with E-state index in [-0.39, 0.29) is 0 Å². The minimum absolute atomic E-state index is 0.396. The van der Waals surface area contributed by atoms with E-state index >= 15 is 0 Å². The Morgan fingerprint density at radius 2 is 2.40 bits per heavy atom. The van der Waals surface area contributed by atoms with Gasteiger partial charge in [-0.05, 0) is 13.8 Å². The average Bonchev–Trinajstić information content (AvgIpc) is 2.20. The molecule has 3 heteroatoms. The van der Waals surface area contributed by atoms with Gasteiger partial charge in [-0.3, -0.25) is 0 Å². The van der Waals surface area contributed by atoms with Crippen LogP contribution >= 0.6 is 0 Å². The Labute approximate surface area is 59.9 Å². The fourth-order valence-electron chi connectivity index (χ4n) is 0.780. The van der Waals surface area contributed by atoms with Crippen LogP contribution in [0.2, 0.25) is 0 Å². The van der Waals surface area contributed by atoms with Crippen molar-refractivity contribution in [2.75, 3.05) is 0 Å². The maximum atomic E-state index is 8.35. The van der Waals surface area contributed by atoms with Crippen molar-refractivity contribution >= 4 is 0 Å². The molecule has 0 aliphatic carbocycles. The molecule has 1 heterocycles. The zero-order valence-electron chi connectivity index (χ0n) is 6.13. The van der Waals surface area contributed by atoms with Crippen LogP contribution in [0.15, 0.2) is 6.33 Å². The molecule has 0 saturated carbocycles. The van der Waals surface area contributed by atoms with E-state index in [1.807, 2.05) is 18.4 Å². The Bertz CT molecular complexity index is 267. The predicted molar refractivity (Wildman–Crippen MR) is 37.3 cm³/mol. The molecule has 1 aromatic heterocycles. The third-order valence-corrected chi connectivity index (χ3v) is 1.59. The Morgan fingerprint density at radius 1 is 1.70 bits per heavy atom. The van der Waals surface area contributed by atoms with Crippen LogP contribution < -0.4 is 0 Å². The highest BCUT2D eigenvalue weighted by molar-refractivity contribution is 5.09. The molecule has 0 amide bonds. The zero-order valence-corrected chi connectivity index (χ0v) is 6.13. The first-order valence-electron chi connectivity index (χ1n) is 3.11. The van der Waals surface area contributed by atoms with Crippen molar-refractivity contribution in [1.82, 2.24) is 9.55 Å². The van der Waals surface area contributed by atoms with Gasteiger partial charge in [-0.25, -0.2) is 4.98 Å². The summed E-state index contributed by atoms with van der Waals surface area (Å²) < 4.78 is 1.83. The van der Waals surface area contributed by atoms with Gasteiger partial charge in [0.15, 0.2) is 0 Å². The number of aryl methyl sites for hydroxylation is 1. The highest BCUT2D eigenvalue weighted by Gasteiger charge is 1.98. The van der Waals surface area contributed by atoms with Gasteiger partial charge in [0.05, 0.1) is 18.1 Å². The van der Waals surface area contributed by atoms with Crippen LogP contribution in [0.3, 0.4) is 0 Å². The van der Waals surface area contributed by atoms with Crippen molar-refractivity contribution in [3.8, 4) is 6.07 Å². The van der Waals surface area contributed by atoms with Gasteiger partial charge in [0.1, 0.15) is 6.54 Å². The third-order valence-electron chi connectivity index (χ3n) is 1.59. The lowest BCUT2D eigenvalue weighted by Crippen LogP contribution is -1.95. The van der Waals surface area contributed by atoms with E-state index in [4.69, 9.17) is 5.26 Å². The Hall–Kier alpha value is -1.30. The zero-order chi connectivity index (χ0) is 7.56. The van der Waals surface area contributed by atoms with Crippen LogP contribution in [-0.4, -0.2) is 9.55 Å². The minimum Gasteiger partial charge on any atom is -0.321 e. The van der Waals surface area contributed by atoms with Crippen LogP contribution in [-0.2, 0) is 6.54 Å². The van der Waals surface area contributed by atoms with Crippen LogP contribution in [0.1, 0.15) is 11.4 Å². The van der Waals surface area contributed by atoms with Crippen LogP contribution in [0, 0.1) is 25.2 Å². The number of nitriles is 1. The lowest BCUT2D eigenvalue weighted by atomic mass is 10.4. The first-order valence-corrected chi connectivity index (χ1v) is 3.11. The van der Waals surface area contributed by atoms with Gasteiger partial charge in [0.25, 0.3) is 0 Å². The summed E-state index contributed by atoms with van der Waals surface area (Å²) >= 11 is 0. The van der Waals surface area contributed by atoms with Gasteiger partial charge in [-0.2, -0.15) is 5.26 Å². The Balaban J connectivity index is 2.96. The highest BCUT2D eigenvalue weighted by atomic mass is 15.0. The number of aromatic nitrogens is 2. The van der Waals surface area contributed by atoms with Crippen molar-refractivity contribution in [3.05, 3.63) is 17.7 Å². The molecule has 0 aromatic carbocycles. The van der Waals surface area contributed by atoms with Crippen LogP contribution in [0.4, 0.5) is 0 Å². The lowest BCUT2D eigenvalue weighted by Gasteiger charge is -1.95. The summed E-state index contributed by atoms with van der Waals surface area (Å²) in [5.41, 5.74) is 2.07. The number of hydrogen-bond acceptors (Lipinski definition) is 2. The second-order valence-electron chi connectivity index (χ2n) is 2.20. The van der Waals surface area contributed by atoms with Crippen molar-refractivity contribution < 1.29 is 0 Å². The van der Waals surface area contributed by atoms with Crippen molar-refractivity contribution in [2.45, 2.75) is 20.4 Å². The fourth-order valence-corrected chi connectivity index (χ4v) is 0.780. The van der Waals surface area contributed by atoms with E-state index in [0.717, 1.165) is 11.4 Å². The monoisotopic (exact) mass is 135 g/mol. The molecular formula is C7H9N3. The molecule has 0 spiro atoms.